The molecule has 0 bridgehead atoms. The quantitative estimate of drug-likeness (QED) is 0.783. The second kappa shape index (κ2) is 7.45. The van der Waals surface area contributed by atoms with Crippen molar-refractivity contribution in [1.82, 2.24) is 9.80 Å². The van der Waals surface area contributed by atoms with Crippen LogP contribution < -0.4 is 4.74 Å². The van der Waals surface area contributed by atoms with Gasteiger partial charge in [0.15, 0.2) is 6.10 Å². The number of aryl methyl sites for hydroxylation is 2. The Hall–Kier alpha value is -1.81. The van der Waals surface area contributed by atoms with Gasteiger partial charge in [-0.15, -0.1) is 6.58 Å². The van der Waals surface area contributed by atoms with Gasteiger partial charge in [0.05, 0.1) is 0 Å². The van der Waals surface area contributed by atoms with Crippen LogP contribution in [0.25, 0.3) is 0 Å². The van der Waals surface area contributed by atoms with Crippen molar-refractivity contribution in [3.8, 4) is 5.75 Å². The maximum Gasteiger partial charge on any atom is 0.263 e. The summed E-state index contributed by atoms with van der Waals surface area (Å²) >= 11 is 0. The molecule has 22 heavy (non-hydrogen) atoms. The van der Waals surface area contributed by atoms with Crippen molar-refractivity contribution in [3.05, 3.63) is 42.0 Å². The summed E-state index contributed by atoms with van der Waals surface area (Å²) in [6.45, 7) is 13.9. The summed E-state index contributed by atoms with van der Waals surface area (Å²) in [7, 11) is 0. The summed E-state index contributed by atoms with van der Waals surface area (Å²) < 4.78 is 5.82. The molecule has 1 saturated heterocycles. The molecule has 0 spiro atoms. The molecule has 0 saturated carbocycles. The molecule has 4 heteroatoms. The SMILES string of the molecule is C=CCN1CCN(C(=O)C(C)Oc2ccc(C)c(C)c2)CC1. The Morgan fingerprint density at radius 2 is 1.95 bits per heavy atom. The van der Waals surface area contributed by atoms with E-state index in [-0.39, 0.29) is 5.91 Å². The van der Waals surface area contributed by atoms with E-state index in [1.165, 1.54) is 11.1 Å². The molecule has 1 atom stereocenters. The van der Waals surface area contributed by atoms with Gasteiger partial charge in [-0.25, -0.2) is 0 Å². The lowest BCUT2D eigenvalue weighted by Crippen LogP contribution is -2.51. The van der Waals surface area contributed by atoms with Crippen molar-refractivity contribution in [3.63, 3.8) is 0 Å². The molecule has 0 radical (unpaired) electrons. The first-order chi connectivity index (χ1) is 10.5. The third-order valence-electron chi connectivity index (χ3n) is 4.21. The summed E-state index contributed by atoms with van der Waals surface area (Å²) in [6.07, 6.45) is 1.45. The van der Waals surface area contributed by atoms with Crippen molar-refractivity contribution < 1.29 is 9.53 Å². The molecule has 1 aromatic carbocycles. The second-order valence-electron chi connectivity index (χ2n) is 5.92. The Bertz CT molecular complexity index is 534. The van der Waals surface area contributed by atoms with E-state index in [2.05, 4.69) is 18.4 Å². The van der Waals surface area contributed by atoms with Gasteiger partial charge in [0.1, 0.15) is 5.75 Å². The predicted octanol–water partition coefficient (Wildman–Crippen LogP) is 2.40. The van der Waals surface area contributed by atoms with Gasteiger partial charge in [-0.2, -0.15) is 0 Å². The summed E-state index contributed by atoms with van der Waals surface area (Å²) in [4.78, 5) is 16.7. The minimum absolute atomic E-state index is 0.0662. The average molecular weight is 302 g/mol. The fourth-order valence-electron chi connectivity index (χ4n) is 2.63. The van der Waals surface area contributed by atoms with Gasteiger partial charge in [-0.3, -0.25) is 9.69 Å². The lowest BCUT2D eigenvalue weighted by atomic mass is 10.1. The highest BCUT2D eigenvalue weighted by Crippen LogP contribution is 2.18. The first kappa shape index (κ1) is 16.6. The lowest BCUT2D eigenvalue weighted by Gasteiger charge is -2.35. The van der Waals surface area contributed by atoms with E-state index < -0.39 is 6.10 Å². The van der Waals surface area contributed by atoms with Crippen molar-refractivity contribution in [1.29, 1.82) is 0 Å². The number of carbonyl (C=O) groups is 1. The molecule has 4 nitrogen and oxygen atoms in total. The minimum atomic E-state index is -0.451. The van der Waals surface area contributed by atoms with Crippen LogP contribution in [-0.2, 0) is 4.79 Å². The molecule has 120 valence electrons. The Labute approximate surface area is 133 Å². The monoisotopic (exact) mass is 302 g/mol. The third kappa shape index (κ3) is 4.10. The fourth-order valence-corrected chi connectivity index (χ4v) is 2.63. The first-order valence-corrected chi connectivity index (χ1v) is 7.87. The Kier molecular flexibility index (Phi) is 5.61. The highest BCUT2D eigenvalue weighted by molar-refractivity contribution is 5.81. The summed E-state index contributed by atoms with van der Waals surface area (Å²) in [5, 5.41) is 0. The lowest BCUT2D eigenvalue weighted by molar-refractivity contribution is -0.139. The minimum Gasteiger partial charge on any atom is -0.481 e. The van der Waals surface area contributed by atoms with Gasteiger partial charge < -0.3 is 9.64 Å². The van der Waals surface area contributed by atoms with Crippen LogP contribution in [0.5, 0.6) is 5.75 Å². The van der Waals surface area contributed by atoms with Gasteiger partial charge in [0, 0.05) is 32.7 Å². The average Bonchev–Trinajstić information content (AvgIpc) is 2.51. The summed E-state index contributed by atoms with van der Waals surface area (Å²) in [5.74, 6) is 0.825. The van der Waals surface area contributed by atoms with Gasteiger partial charge in [-0.1, -0.05) is 12.1 Å². The number of hydrogen-bond acceptors (Lipinski definition) is 3. The number of carbonyl (C=O) groups excluding carboxylic acids is 1. The van der Waals surface area contributed by atoms with Crippen molar-refractivity contribution in [2.24, 2.45) is 0 Å². The molecule has 1 amide bonds. The number of ether oxygens (including phenoxy) is 1. The van der Waals surface area contributed by atoms with Gasteiger partial charge in [-0.05, 0) is 44.0 Å². The van der Waals surface area contributed by atoms with Crippen molar-refractivity contribution in [2.45, 2.75) is 26.9 Å². The Balaban J connectivity index is 1.89. The van der Waals surface area contributed by atoms with Crippen LogP contribution >= 0.6 is 0 Å². The number of benzene rings is 1. The number of amides is 1. The number of piperazine rings is 1. The van der Waals surface area contributed by atoms with Crippen LogP contribution in [0.2, 0.25) is 0 Å². The van der Waals surface area contributed by atoms with E-state index in [1.54, 1.807) is 0 Å². The van der Waals surface area contributed by atoms with E-state index in [0.29, 0.717) is 0 Å². The van der Waals surface area contributed by atoms with Gasteiger partial charge in [0.2, 0.25) is 0 Å². The zero-order chi connectivity index (χ0) is 16.1. The van der Waals surface area contributed by atoms with Crippen molar-refractivity contribution in [2.75, 3.05) is 32.7 Å². The largest absolute Gasteiger partial charge is 0.481 e. The smallest absolute Gasteiger partial charge is 0.263 e. The Morgan fingerprint density at radius 3 is 2.55 bits per heavy atom. The third-order valence-corrected chi connectivity index (χ3v) is 4.21. The van der Waals surface area contributed by atoms with Crippen LogP contribution in [0.15, 0.2) is 30.9 Å². The van der Waals surface area contributed by atoms with Crippen LogP contribution in [0, 0.1) is 13.8 Å². The molecule has 2 rings (SSSR count). The predicted molar refractivity (Wildman–Crippen MR) is 89.2 cm³/mol. The molecular formula is C18H26N2O2. The van der Waals surface area contributed by atoms with Crippen LogP contribution in [0.1, 0.15) is 18.1 Å². The van der Waals surface area contributed by atoms with Crippen LogP contribution in [-0.4, -0.2) is 54.5 Å². The van der Waals surface area contributed by atoms with Crippen LogP contribution in [0.4, 0.5) is 0 Å². The zero-order valence-corrected chi connectivity index (χ0v) is 13.8. The maximum absolute atomic E-state index is 12.5. The molecule has 1 fully saturated rings. The molecule has 0 N–H and O–H groups in total. The van der Waals surface area contributed by atoms with Gasteiger partial charge >= 0.3 is 0 Å². The molecule has 0 aromatic heterocycles. The summed E-state index contributed by atoms with van der Waals surface area (Å²) in [6, 6.07) is 5.94. The highest BCUT2D eigenvalue weighted by atomic mass is 16.5. The molecule has 1 aromatic rings. The number of nitrogens with zero attached hydrogens (tertiary/aromatic N) is 2. The molecule has 1 aliphatic heterocycles. The standard InChI is InChI=1S/C18H26N2O2/c1-5-8-19-9-11-20(12-10-19)18(21)16(4)22-17-7-6-14(2)15(3)13-17/h5-7,13,16H,1,8-12H2,2-4H3. The van der Waals surface area contributed by atoms with E-state index in [9.17, 15) is 4.79 Å². The molecule has 1 unspecified atom stereocenters. The highest BCUT2D eigenvalue weighted by Gasteiger charge is 2.25. The van der Waals surface area contributed by atoms with Crippen molar-refractivity contribution >= 4 is 5.91 Å². The molecular weight excluding hydrogens is 276 g/mol. The van der Waals surface area contributed by atoms with E-state index >= 15 is 0 Å². The van der Waals surface area contributed by atoms with Crippen LogP contribution in [0.3, 0.4) is 0 Å². The molecule has 0 aliphatic carbocycles. The topological polar surface area (TPSA) is 32.8 Å². The first-order valence-electron chi connectivity index (χ1n) is 7.87. The molecule has 1 heterocycles. The zero-order valence-electron chi connectivity index (χ0n) is 13.8. The maximum atomic E-state index is 12.5. The van der Waals surface area contributed by atoms with E-state index in [4.69, 9.17) is 4.74 Å². The fraction of sp³-hybridized carbons (Fsp3) is 0.500. The van der Waals surface area contributed by atoms with E-state index in [1.807, 2.05) is 43.0 Å². The van der Waals surface area contributed by atoms with E-state index in [0.717, 1.165) is 38.5 Å². The Morgan fingerprint density at radius 1 is 1.27 bits per heavy atom. The molecule has 1 aliphatic rings. The normalized spacial score (nSPS) is 17.1. The number of rotatable bonds is 5. The number of hydrogen-bond donors (Lipinski definition) is 0. The van der Waals surface area contributed by atoms with Gasteiger partial charge in [0.25, 0.3) is 5.91 Å². The summed E-state index contributed by atoms with van der Waals surface area (Å²) in [5.41, 5.74) is 2.40. The second-order valence-corrected chi connectivity index (χ2v) is 5.92.